The number of rotatable bonds is 8. The van der Waals surface area contributed by atoms with Crippen LogP contribution in [0, 0.1) is 13.8 Å². The molecule has 0 heterocycles. The lowest BCUT2D eigenvalue weighted by Crippen LogP contribution is -2.37. The maximum atomic E-state index is 12.7. The first-order valence-corrected chi connectivity index (χ1v) is 14.3. The van der Waals surface area contributed by atoms with Gasteiger partial charge in [-0.05, 0) is 73.5 Å². The Balaban J connectivity index is 1.75. The van der Waals surface area contributed by atoms with Crippen molar-refractivity contribution in [2.45, 2.75) is 18.7 Å². The molecule has 3 aromatic rings. The van der Waals surface area contributed by atoms with Crippen LogP contribution in [0.4, 0.5) is 17.1 Å². The van der Waals surface area contributed by atoms with Crippen molar-refractivity contribution in [3.05, 3.63) is 81.8 Å². The van der Waals surface area contributed by atoms with E-state index >= 15 is 0 Å². The van der Waals surface area contributed by atoms with E-state index in [1.54, 1.807) is 50.2 Å². The minimum absolute atomic E-state index is 0.0258. The molecule has 0 radical (unpaired) electrons. The largest absolute Gasteiger partial charge is 0.325 e. The van der Waals surface area contributed by atoms with Gasteiger partial charge in [-0.25, -0.2) is 16.8 Å². The normalized spacial score (nSPS) is 11.7. The molecule has 0 bridgehead atoms. The summed E-state index contributed by atoms with van der Waals surface area (Å²) in [6.07, 6.45) is 0.995. The van der Waals surface area contributed by atoms with E-state index in [1.807, 2.05) is 0 Å². The zero-order valence-electron chi connectivity index (χ0n) is 19.0. The number of anilines is 3. The zero-order valence-corrected chi connectivity index (χ0v) is 22.2. The van der Waals surface area contributed by atoms with E-state index in [4.69, 9.17) is 23.2 Å². The van der Waals surface area contributed by atoms with Crippen LogP contribution in [0.2, 0.25) is 10.0 Å². The van der Waals surface area contributed by atoms with Gasteiger partial charge in [-0.2, -0.15) is 0 Å². The molecule has 0 aliphatic heterocycles. The summed E-state index contributed by atoms with van der Waals surface area (Å²) in [5, 5.41) is 3.38. The molecule has 35 heavy (non-hydrogen) atoms. The Morgan fingerprint density at radius 2 is 1.43 bits per heavy atom. The van der Waals surface area contributed by atoms with Gasteiger partial charge < -0.3 is 5.32 Å². The Morgan fingerprint density at radius 3 is 2.03 bits per heavy atom. The average Bonchev–Trinajstić information content (AvgIpc) is 2.77. The van der Waals surface area contributed by atoms with Crippen molar-refractivity contribution in [1.82, 2.24) is 0 Å². The summed E-state index contributed by atoms with van der Waals surface area (Å²) in [5.74, 6) is -0.613. The first kappa shape index (κ1) is 26.8. The first-order valence-electron chi connectivity index (χ1n) is 10.2. The summed E-state index contributed by atoms with van der Waals surface area (Å²) >= 11 is 12.2. The fraction of sp³-hybridized carbons (Fsp3) is 0.174. The standard InChI is InChI=1S/C23H23Cl2N3O5S2/c1-15-19(24)6-4-8-21(15)27-35(32,33)18-12-10-17(11-13-18)26-23(29)14-28(34(3,30)31)22-9-5-7-20(25)16(22)2/h4-13,27H,14H2,1-3H3,(H,26,29). The van der Waals surface area contributed by atoms with Crippen molar-refractivity contribution in [3.63, 3.8) is 0 Å². The molecular weight excluding hydrogens is 533 g/mol. The summed E-state index contributed by atoms with van der Waals surface area (Å²) < 4.78 is 53.6. The summed E-state index contributed by atoms with van der Waals surface area (Å²) in [6.45, 7) is 2.87. The van der Waals surface area contributed by atoms with Crippen LogP contribution in [-0.4, -0.2) is 35.5 Å². The SMILES string of the molecule is Cc1c(Cl)cccc1NS(=O)(=O)c1ccc(NC(=O)CN(c2cccc(Cl)c2C)S(C)(=O)=O)cc1. The lowest BCUT2D eigenvalue weighted by atomic mass is 10.2. The van der Waals surface area contributed by atoms with Crippen LogP contribution in [0.15, 0.2) is 65.6 Å². The van der Waals surface area contributed by atoms with Crippen molar-refractivity contribution in [2.24, 2.45) is 0 Å². The molecule has 0 atom stereocenters. The van der Waals surface area contributed by atoms with Crippen molar-refractivity contribution in [2.75, 3.05) is 27.1 Å². The fourth-order valence-corrected chi connectivity index (χ4v) is 5.59. The van der Waals surface area contributed by atoms with E-state index < -0.39 is 32.5 Å². The van der Waals surface area contributed by atoms with Gasteiger partial charge in [0.05, 0.1) is 22.5 Å². The average molecular weight is 556 g/mol. The number of hydrogen-bond donors (Lipinski definition) is 2. The summed E-state index contributed by atoms with van der Waals surface area (Å²) in [4.78, 5) is 12.6. The number of halogens is 2. The molecule has 0 aliphatic rings. The Morgan fingerprint density at radius 1 is 0.857 bits per heavy atom. The van der Waals surface area contributed by atoms with Crippen LogP contribution in [0.1, 0.15) is 11.1 Å². The van der Waals surface area contributed by atoms with Crippen molar-refractivity contribution in [1.29, 1.82) is 0 Å². The highest BCUT2D eigenvalue weighted by Gasteiger charge is 2.23. The van der Waals surface area contributed by atoms with Gasteiger partial charge in [-0.3, -0.25) is 13.8 Å². The molecule has 0 fully saturated rings. The molecular formula is C23H23Cl2N3O5S2. The topological polar surface area (TPSA) is 113 Å². The van der Waals surface area contributed by atoms with E-state index in [-0.39, 0.29) is 4.90 Å². The molecule has 3 rings (SSSR count). The van der Waals surface area contributed by atoms with Crippen LogP contribution in [0.25, 0.3) is 0 Å². The molecule has 0 spiro atoms. The number of nitrogens with one attached hydrogen (secondary N) is 2. The van der Waals surface area contributed by atoms with Crippen molar-refractivity contribution < 1.29 is 21.6 Å². The van der Waals surface area contributed by atoms with E-state index in [2.05, 4.69) is 10.0 Å². The number of carbonyl (C=O) groups is 1. The minimum atomic E-state index is -3.90. The molecule has 12 heteroatoms. The third-order valence-electron chi connectivity index (χ3n) is 5.16. The Labute approximate surface area is 215 Å². The van der Waals surface area contributed by atoms with Crippen LogP contribution < -0.4 is 14.3 Å². The molecule has 0 saturated heterocycles. The third kappa shape index (κ3) is 6.46. The minimum Gasteiger partial charge on any atom is -0.325 e. The lowest BCUT2D eigenvalue weighted by Gasteiger charge is -2.24. The van der Waals surface area contributed by atoms with Gasteiger partial charge in [0.1, 0.15) is 6.54 Å². The van der Waals surface area contributed by atoms with Crippen LogP contribution in [0.5, 0.6) is 0 Å². The van der Waals surface area contributed by atoms with Gasteiger partial charge >= 0.3 is 0 Å². The van der Waals surface area contributed by atoms with Gasteiger partial charge in [0.15, 0.2) is 0 Å². The molecule has 3 aromatic carbocycles. The van der Waals surface area contributed by atoms with Gasteiger partial charge in [-0.1, -0.05) is 35.3 Å². The highest BCUT2D eigenvalue weighted by Crippen LogP contribution is 2.28. The number of nitrogens with zero attached hydrogens (tertiary/aromatic N) is 1. The molecule has 0 unspecified atom stereocenters. The number of hydrogen-bond acceptors (Lipinski definition) is 5. The number of benzene rings is 3. The maximum absolute atomic E-state index is 12.7. The van der Waals surface area contributed by atoms with Crippen molar-refractivity contribution >= 4 is 66.2 Å². The quantitative estimate of drug-likeness (QED) is 0.413. The predicted octanol–water partition coefficient (Wildman–Crippen LogP) is 4.82. The maximum Gasteiger partial charge on any atom is 0.261 e. The summed E-state index contributed by atoms with van der Waals surface area (Å²) in [6, 6.07) is 15.1. The zero-order chi connectivity index (χ0) is 26.0. The van der Waals surface area contributed by atoms with Crippen LogP contribution in [-0.2, 0) is 24.8 Å². The molecule has 0 aromatic heterocycles. The first-order chi connectivity index (χ1) is 16.3. The fourth-order valence-electron chi connectivity index (χ4n) is 3.22. The number of carbonyl (C=O) groups excluding carboxylic acids is 1. The van der Waals surface area contributed by atoms with E-state index in [1.165, 1.54) is 24.3 Å². The summed E-state index contributed by atoms with van der Waals surface area (Å²) in [5.41, 5.74) is 2.05. The van der Waals surface area contributed by atoms with E-state index in [0.29, 0.717) is 38.2 Å². The molecule has 8 nitrogen and oxygen atoms in total. The highest BCUT2D eigenvalue weighted by molar-refractivity contribution is 7.92. The molecule has 186 valence electrons. The van der Waals surface area contributed by atoms with Gasteiger partial charge in [-0.15, -0.1) is 0 Å². The number of amides is 1. The second kappa shape index (κ2) is 10.4. The van der Waals surface area contributed by atoms with Crippen LogP contribution >= 0.6 is 23.2 Å². The lowest BCUT2D eigenvalue weighted by molar-refractivity contribution is -0.114. The summed E-state index contributed by atoms with van der Waals surface area (Å²) in [7, 11) is -7.69. The number of sulfonamides is 2. The van der Waals surface area contributed by atoms with Gasteiger partial charge in [0, 0.05) is 15.7 Å². The van der Waals surface area contributed by atoms with Crippen molar-refractivity contribution in [3.8, 4) is 0 Å². The highest BCUT2D eigenvalue weighted by atomic mass is 35.5. The predicted molar refractivity (Wildman–Crippen MR) is 140 cm³/mol. The third-order valence-corrected chi connectivity index (χ3v) is 8.48. The molecule has 0 saturated carbocycles. The Hall–Kier alpha value is -2.79. The molecule has 1 amide bonds. The van der Waals surface area contributed by atoms with E-state index in [9.17, 15) is 21.6 Å². The van der Waals surface area contributed by atoms with E-state index in [0.717, 1.165) is 10.6 Å². The second-order valence-corrected chi connectivity index (χ2v) is 12.1. The monoisotopic (exact) mass is 555 g/mol. The van der Waals surface area contributed by atoms with Gasteiger partial charge in [0.25, 0.3) is 10.0 Å². The Kier molecular flexibility index (Phi) is 8.00. The van der Waals surface area contributed by atoms with Gasteiger partial charge in [0.2, 0.25) is 15.9 Å². The molecule has 0 aliphatic carbocycles. The Bertz CT molecular complexity index is 1480. The second-order valence-electron chi connectivity index (χ2n) is 7.74. The molecule has 2 N–H and O–H groups in total. The smallest absolute Gasteiger partial charge is 0.261 e. The van der Waals surface area contributed by atoms with Crippen LogP contribution in [0.3, 0.4) is 0 Å².